The molecule has 0 radical (unpaired) electrons. The van der Waals surface area contributed by atoms with Crippen LogP contribution in [-0.2, 0) is 42.6 Å². The number of aromatic nitrogens is 3. The van der Waals surface area contributed by atoms with Crippen LogP contribution in [0.3, 0.4) is 0 Å². The number of ether oxygens (including phenoxy) is 1. The Labute approximate surface area is 176 Å². The van der Waals surface area contributed by atoms with Crippen molar-refractivity contribution < 1.29 is 28.1 Å². The lowest BCUT2D eigenvalue weighted by Gasteiger charge is -2.43. The summed E-state index contributed by atoms with van der Waals surface area (Å²) in [5.41, 5.74) is 0.708. The number of piperidine rings is 1. The van der Waals surface area contributed by atoms with Crippen LogP contribution in [0.15, 0.2) is 6.20 Å². The van der Waals surface area contributed by atoms with Crippen LogP contribution in [-0.4, -0.2) is 55.9 Å². The van der Waals surface area contributed by atoms with E-state index in [0.717, 1.165) is 17.0 Å². The molecule has 30 heavy (non-hydrogen) atoms. The number of fused-ring (bicyclic) bond motifs is 2. The second-order valence-corrected chi connectivity index (χ2v) is 9.04. The van der Waals surface area contributed by atoms with Crippen LogP contribution in [0.25, 0.3) is 0 Å². The SMILES string of the molecule is CC(O)Cn1cc(CN2CCC3(CC2)OCCc2c3sc(C(F)(F)F)c2CO)nn1. The van der Waals surface area contributed by atoms with Crippen molar-refractivity contribution in [2.45, 2.75) is 63.8 Å². The number of alkyl halides is 3. The van der Waals surface area contributed by atoms with Gasteiger partial charge < -0.3 is 14.9 Å². The monoisotopic (exact) mass is 446 g/mol. The van der Waals surface area contributed by atoms with Gasteiger partial charge in [0.1, 0.15) is 10.5 Å². The molecule has 1 fully saturated rings. The van der Waals surface area contributed by atoms with Crippen LogP contribution in [0.4, 0.5) is 13.2 Å². The zero-order valence-corrected chi connectivity index (χ0v) is 17.5. The summed E-state index contributed by atoms with van der Waals surface area (Å²) >= 11 is 0.735. The molecule has 11 heteroatoms. The van der Waals surface area contributed by atoms with Crippen molar-refractivity contribution in [1.82, 2.24) is 19.9 Å². The molecular formula is C19H25F3N4O3S. The number of thiophene rings is 1. The van der Waals surface area contributed by atoms with Crippen molar-refractivity contribution in [2.24, 2.45) is 0 Å². The third kappa shape index (κ3) is 4.13. The van der Waals surface area contributed by atoms with Crippen LogP contribution in [0.5, 0.6) is 0 Å². The highest BCUT2D eigenvalue weighted by Crippen LogP contribution is 2.50. The zero-order chi connectivity index (χ0) is 21.5. The van der Waals surface area contributed by atoms with Gasteiger partial charge in [-0.1, -0.05) is 5.21 Å². The van der Waals surface area contributed by atoms with Crippen LogP contribution in [0.1, 0.15) is 46.3 Å². The Hall–Kier alpha value is -1.53. The van der Waals surface area contributed by atoms with Crippen LogP contribution < -0.4 is 0 Å². The summed E-state index contributed by atoms with van der Waals surface area (Å²) in [7, 11) is 0. The molecule has 0 saturated carbocycles. The highest BCUT2D eigenvalue weighted by Gasteiger charge is 2.47. The van der Waals surface area contributed by atoms with Gasteiger partial charge in [-0.2, -0.15) is 13.2 Å². The van der Waals surface area contributed by atoms with E-state index in [2.05, 4.69) is 15.2 Å². The fourth-order valence-electron chi connectivity index (χ4n) is 4.39. The fourth-order valence-corrected chi connectivity index (χ4v) is 5.81. The van der Waals surface area contributed by atoms with E-state index in [1.807, 2.05) is 0 Å². The Morgan fingerprint density at radius 1 is 1.33 bits per heavy atom. The van der Waals surface area contributed by atoms with E-state index in [-0.39, 0.29) is 5.56 Å². The number of aliphatic hydroxyl groups is 2. The van der Waals surface area contributed by atoms with Crippen LogP contribution in [0.2, 0.25) is 0 Å². The second-order valence-electron chi connectivity index (χ2n) is 8.02. The van der Waals surface area contributed by atoms with Crippen molar-refractivity contribution >= 4 is 11.3 Å². The number of likely N-dealkylation sites (tertiary alicyclic amines) is 1. The molecule has 1 spiro atoms. The van der Waals surface area contributed by atoms with Gasteiger partial charge >= 0.3 is 6.18 Å². The maximum atomic E-state index is 13.5. The Balaban J connectivity index is 1.49. The van der Waals surface area contributed by atoms with E-state index >= 15 is 0 Å². The second kappa shape index (κ2) is 8.19. The number of hydrogen-bond donors (Lipinski definition) is 2. The van der Waals surface area contributed by atoms with Gasteiger partial charge in [-0.3, -0.25) is 4.90 Å². The highest BCUT2D eigenvalue weighted by atomic mass is 32.1. The highest BCUT2D eigenvalue weighted by molar-refractivity contribution is 7.12. The summed E-state index contributed by atoms with van der Waals surface area (Å²) in [6.07, 6.45) is -1.61. The lowest BCUT2D eigenvalue weighted by molar-refractivity contribution is -0.135. The number of aliphatic hydroxyl groups excluding tert-OH is 2. The van der Waals surface area contributed by atoms with Gasteiger partial charge in [0.2, 0.25) is 0 Å². The Morgan fingerprint density at radius 3 is 2.70 bits per heavy atom. The minimum Gasteiger partial charge on any atom is -0.392 e. The van der Waals surface area contributed by atoms with Crippen molar-refractivity contribution in [1.29, 1.82) is 0 Å². The van der Waals surface area contributed by atoms with E-state index in [1.165, 1.54) is 0 Å². The average molecular weight is 446 g/mol. The predicted molar refractivity (Wildman–Crippen MR) is 103 cm³/mol. The van der Waals surface area contributed by atoms with Crippen LogP contribution >= 0.6 is 11.3 Å². The smallest absolute Gasteiger partial charge is 0.392 e. The fraction of sp³-hybridized carbons (Fsp3) is 0.684. The quantitative estimate of drug-likeness (QED) is 0.734. The van der Waals surface area contributed by atoms with Gasteiger partial charge in [-0.05, 0) is 31.7 Å². The summed E-state index contributed by atoms with van der Waals surface area (Å²) in [5, 5.41) is 27.2. The number of nitrogens with zero attached hydrogens (tertiary/aromatic N) is 4. The lowest BCUT2D eigenvalue weighted by Crippen LogP contribution is -2.45. The summed E-state index contributed by atoms with van der Waals surface area (Å²) in [5.74, 6) is 0. The van der Waals surface area contributed by atoms with Crippen molar-refractivity contribution in [3.05, 3.63) is 32.8 Å². The van der Waals surface area contributed by atoms with Gasteiger partial charge in [0.05, 0.1) is 31.6 Å². The summed E-state index contributed by atoms with van der Waals surface area (Å²) < 4.78 is 48.1. The summed E-state index contributed by atoms with van der Waals surface area (Å²) in [4.78, 5) is 2.12. The molecule has 2 aromatic heterocycles. The summed E-state index contributed by atoms with van der Waals surface area (Å²) in [6, 6.07) is 0. The first-order valence-corrected chi connectivity index (χ1v) is 10.8. The maximum Gasteiger partial charge on any atom is 0.425 e. The maximum absolute atomic E-state index is 13.5. The summed E-state index contributed by atoms with van der Waals surface area (Å²) in [6.45, 7) is 3.73. The van der Waals surface area contributed by atoms with Gasteiger partial charge in [0.15, 0.2) is 0 Å². The number of rotatable bonds is 5. The van der Waals surface area contributed by atoms with E-state index < -0.39 is 29.4 Å². The predicted octanol–water partition coefficient (Wildman–Crippen LogP) is 2.30. The van der Waals surface area contributed by atoms with Crippen molar-refractivity contribution in [3.63, 3.8) is 0 Å². The molecule has 2 aromatic rings. The van der Waals surface area contributed by atoms with E-state index in [0.29, 0.717) is 62.5 Å². The molecule has 0 aliphatic carbocycles. The molecule has 2 aliphatic heterocycles. The molecule has 2 N–H and O–H groups in total. The minimum atomic E-state index is -4.47. The van der Waals surface area contributed by atoms with E-state index in [9.17, 15) is 23.4 Å². The van der Waals surface area contributed by atoms with Gasteiger partial charge in [0.25, 0.3) is 0 Å². The first kappa shape index (κ1) is 21.7. The van der Waals surface area contributed by atoms with Gasteiger partial charge in [-0.25, -0.2) is 4.68 Å². The zero-order valence-electron chi connectivity index (χ0n) is 16.7. The number of hydrogen-bond acceptors (Lipinski definition) is 7. The minimum absolute atomic E-state index is 0.0160. The largest absolute Gasteiger partial charge is 0.425 e. The lowest BCUT2D eigenvalue weighted by atomic mass is 9.84. The van der Waals surface area contributed by atoms with Crippen LogP contribution in [0, 0.1) is 0 Å². The molecule has 1 unspecified atom stereocenters. The molecule has 4 rings (SSSR count). The van der Waals surface area contributed by atoms with Gasteiger partial charge in [0, 0.05) is 36.3 Å². The third-order valence-corrected chi connectivity index (χ3v) is 7.27. The molecule has 7 nitrogen and oxygen atoms in total. The molecule has 0 aromatic carbocycles. The molecule has 0 amide bonds. The van der Waals surface area contributed by atoms with Crippen molar-refractivity contribution in [2.75, 3.05) is 19.7 Å². The molecule has 1 atom stereocenters. The first-order chi connectivity index (χ1) is 14.2. The number of halogens is 3. The Morgan fingerprint density at radius 2 is 2.07 bits per heavy atom. The van der Waals surface area contributed by atoms with Gasteiger partial charge in [-0.15, -0.1) is 16.4 Å². The van der Waals surface area contributed by atoms with E-state index in [1.54, 1.807) is 17.8 Å². The molecular weight excluding hydrogens is 421 g/mol. The molecule has 4 heterocycles. The average Bonchev–Trinajstić information content (AvgIpc) is 3.28. The molecule has 2 aliphatic rings. The topological polar surface area (TPSA) is 83.6 Å². The molecule has 166 valence electrons. The standard InChI is InChI=1S/C19H25F3N4O3S/c1-12(28)8-26-10-13(23-24-26)9-25-5-3-18(4-6-25)16-14(2-7-29-18)15(11-27)17(30-16)19(20,21)22/h10,12,27-28H,2-9,11H2,1H3. The van der Waals surface area contributed by atoms with Crippen molar-refractivity contribution in [3.8, 4) is 0 Å². The third-order valence-electron chi connectivity index (χ3n) is 5.76. The molecule has 0 bridgehead atoms. The first-order valence-electron chi connectivity index (χ1n) is 9.98. The van der Waals surface area contributed by atoms with E-state index in [4.69, 9.17) is 4.74 Å². The molecule has 1 saturated heterocycles. The normalized spacial score (nSPS) is 20.5. The Bertz CT molecular complexity index is 888. The Kier molecular flexibility index (Phi) is 5.92.